The number of aliphatic hydroxyl groups excluding tert-OH is 1. The van der Waals surface area contributed by atoms with E-state index in [1.54, 1.807) is 0 Å². The van der Waals surface area contributed by atoms with E-state index in [0.29, 0.717) is 19.6 Å². The molecule has 5 heteroatoms. The van der Waals surface area contributed by atoms with Crippen molar-refractivity contribution < 1.29 is 14.0 Å². The highest BCUT2D eigenvalue weighted by Crippen LogP contribution is 2.16. The van der Waals surface area contributed by atoms with Gasteiger partial charge in [-0.2, -0.15) is 0 Å². The molecule has 0 rings (SSSR count). The summed E-state index contributed by atoms with van der Waals surface area (Å²) < 4.78 is 11.1. The van der Waals surface area contributed by atoms with E-state index in [2.05, 4.69) is 0 Å². The summed E-state index contributed by atoms with van der Waals surface area (Å²) in [6, 6.07) is 0.742. The molecule has 0 aliphatic rings. The van der Waals surface area contributed by atoms with Gasteiger partial charge in [-0.3, -0.25) is 0 Å². The van der Waals surface area contributed by atoms with Crippen LogP contribution in [0.1, 0.15) is 20.3 Å². The third-order valence-corrected chi connectivity index (χ3v) is 4.79. The average Bonchev–Trinajstić information content (AvgIpc) is 2.02. The monoisotopic (exact) mass is 207 g/mol. The molecule has 0 fully saturated rings. The number of rotatable bonds is 7. The van der Waals surface area contributed by atoms with Crippen LogP contribution < -0.4 is 5.73 Å². The Hall–Kier alpha value is 0.0569. The van der Waals surface area contributed by atoms with Crippen molar-refractivity contribution in [3.8, 4) is 0 Å². The van der Waals surface area contributed by atoms with Gasteiger partial charge in [0.2, 0.25) is 0 Å². The van der Waals surface area contributed by atoms with Gasteiger partial charge in [-0.15, -0.1) is 0 Å². The van der Waals surface area contributed by atoms with Crippen LogP contribution in [0, 0.1) is 0 Å². The Kier molecular flexibility index (Phi) is 6.53. The number of nitrogens with two attached hydrogens (primary N) is 1. The van der Waals surface area contributed by atoms with Crippen molar-refractivity contribution in [3.05, 3.63) is 0 Å². The van der Waals surface area contributed by atoms with E-state index in [0.717, 1.165) is 6.04 Å². The molecule has 0 aromatic rings. The minimum atomic E-state index is -2.05. The van der Waals surface area contributed by atoms with Gasteiger partial charge < -0.3 is 19.7 Å². The minimum absolute atomic E-state index is 0.544. The number of aliphatic hydroxyl groups is 1. The van der Waals surface area contributed by atoms with Crippen molar-refractivity contribution in [3.63, 3.8) is 0 Å². The second-order valence-electron chi connectivity index (χ2n) is 3.11. The van der Waals surface area contributed by atoms with Crippen molar-refractivity contribution in [2.75, 3.05) is 13.2 Å². The van der Waals surface area contributed by atoms with Crippen LogP contribution in [0.5, 0.6) is 0 Å². The van der Waals surface area contributed by atoms with Crippen LogP contribution in [0.25, 0.3) is 0 Å². The van der Waals surface area contributed by atoms with Crippen LogP contribution in [-0.2, 0) is 8.85 Å². The van der Waals surface area contributed by atoms with Gasteiger partial charge in [0, 0.05) is 13.2 Å². The van der Waals surface area contributed by atoms with E-state index in [-0.39, 0.29) is 0 Å². The molecule has 13 heavy (non-hydrogen) atoms. The predicted octanol–water partition coefficient (Wildman–Crippen LogP) is 0.799. The molecule has 0 heterocycles. The SMILES string of the molecule is CCO[Si](C)(CCC(N)O)OCC. The molecule has 0 radical (unpaired) electrons. The fourth-order valence-electron chi connectivity index (χ4n) is 1.21. The standard InChI is InChI=1S/C8H21NO3Si/c1-4-11-13(3,12-5-2)7-6-8(9)10/h8,10H,4-7,9H2,1-3H3. The maximum Gasteiger partial charge on any atom is 0.335 e. The lowest BCUT2D eigenvalue weighted by molar-refractivity contribution is 0.157. The Morgan fingerprint density at radius 2 is 1.77 bits per heavy atom. The molecule has 0 saturated carbocycles. The summed E-state index contributed by atoms with van der Waals surface area (Å²) in [5.41, 5.74) is 5.26. The normalized spacial score (nSPS) is 14.5. The van der Waals surface area contributed by atoms with E-state index >= 15 is 0 Å². The van der Waals surface area contributed by atoms with E-state index < -0.39 is 14.8 Å². The summed E-state index contributed by atoms with van der Waals surface area (Å²) in [7, 11) is -2.05. The first-order valence-electron chi connectivity index (χ1n) is 4.75. The van der Waals surface area contributed by atoms with Gasteiger partial charge in [0.05, 0.1) is 0 Å². The van der Waals surface area contributed by atoms with E-state index in [4.69, 9.17) is 19.7 Å². The van der Waals surface area contributed by atoms with Crippen LogP contribution in [0.4, 0.5) is 0 Å². The maximum atomic E-state index is 8.94. The van der Waals surface area contributed by atoms with Crippen molar-refractivity contribution in [1.82, 2.24) is 0 Å². The molecular formula is C8H21NO3Si. The van der Waals surface area contributed by atoms with E-state index in [1.165, 1.54) is 0 Å². The third-order valence-electron chi connectivity index (χ3n) is 1.79. The minimum Gasteiger partial charge on any atom is -0.395 e. The van der Waals surface area contributed by atoms with Gasteiger partial charge in [0.25, 0.3) is 0 Å². The zero-order chi connectivity index (χ0) is 10.3. The quantitative estimate of drug-likeness (QED) is 0.479. The van der Waals surface area contributed by atoms with Gasteiger partial charge in [0.15, 0.2) is 0 Å². The second kappa shape index (κ2) is 6.50. The Morgan fingerprint density at radius 3 is 2.08 bits per heavy atom. The highest BCUT2D eigenvalue weighted by atomic mass is 28.4. The summed E-state index contributed by atoms with van der Waals surface area (Å²) in [5.74, 6) is 0. The lowest BCUT2D eigenvalue weighted by Crippen LogP contribution is -2.40. The van der Waals surface area contributed by atoms with Crippen LogP contribution in [-0.4, -0.2) is 33.1 Å². The van der Waals surface area contributed by atoms with Crippen molar-refractivity contribution in [2.45, 2.75) is 39.1 Å². The average molecular weight is 207 g/mol. The molecule has 0 bridgehead atoms. The summed E-state index contributed by atoms with van der Waals surface area (Å²) in [4.78, 5) is 0. The molecule has 0 amide bonds. The maximum absolute atomic E-state index is 8.94. The Labute approximate surface area is 81.3 Å². The third kappa shape index (κ3) is 6.17. The first kappa shape index (κ1) is 13.1. The highest BCUT2D eigenvalue weighted by molar-refractivity contribution is 6.66. The summed E-state index contributed by atoms with van der Waals surface area (Å²) >= 11 is 0. The lowest BCUT2D eigenvalue weighted by Gasteiger charge is -2.26. The molecular weight excluding hydrogens is 186 g/mol. The zero-order valence-electron chi connectivity index (χ0n) is 8.75. The van der Waals surface area contributed by atoms with Crippen molar-refractivity contribution in [2.24, 2.45) is 5.73 Å². The summed E-state index contributed by atoms with van der Waals surface area (Å²) in [6.45, 7) is 7.21. The molecule has 0 saturated heterocycles. The molecule has 0 aromatic carbocycles. The van der Waals surface area contributed by atoms with Gasteiger partial charge in [-0.1, -0.05) is 0 Å². The Balaban J connectivity index is 3.91. The number of hydrogen-bond acceptors (Lipinski definition) is 4. The number of hydrogen-bond donors (Lipinski definition) is 2. The van der Waals surface area contributed by atoms with Crippen molar-refractivity contribution >= 4 is 8.56 Å². The second-order valence-corrected chi connectivity index (χ2v) is 6.45. The highest BCUT2D eigenvalue weighted by Gasteiger charge is 2.30. The van der Waals surface area contributed by atoms with E-state index in [9.17, 15) is 0 Å². The largest absolute Gasteiger partial charge is 0.395 e. The molecule has 1 atom stereocenters. The first-order chi connectivity index (χ1) is 6.04. The summed E-state index contributed by atoms with van der Waals surface area (Å²) in [5, 5.41) is 8.94. The zero-order valence-corrected chi connectivity index (χ0v) is 9.75. The van der Waals surface area contributed by atoms with Gasteiger partial charge in [0.1, 0.15) is 6.23 Å². The predicted molar refractivity (Wildman–Crippen MR) is 54.5 cm³/mol. The van der Waals surface area contributed by atoms with Gasteiger partial charge in [-0.25, -0.2) is 0 Å². The van der Waals surface area contributed by atoms with Gasteiger partial charge in [-0.05, 0) is 32.9 Å². The first-order valence-corrected chi connectivity index (χ1v) is 7.28. The summed E-state index contributed by atoms with van der Waals surface area (Å²) in [6.07, 6.45) is -0.212. The van der Waals surface area contributed by atoms with Crippen LogP contribution >= 0.6 is 0 Å². The molecule has 0 spiro atoms. The molecule has 0 aromatic heterocycles. The van der Waals surface area contributed by atoms with Crippen LogP contribution in [0.3, 0.4) is 0 Å². The lowest BCUT2D eigenvalue weighted by atomic mass is 10.4. The molecule has 0 aliphatic heterocycles. The topological polar surface area (TPSA) is 64.7 Å². The van der Waals surface area contributed by atoms with Gasteiger partial charge >= 0.3 is 8.56 Å². The van der Waals surface area contributed by atoms with E-state index in [1.807, 2.05) is 20.4 Å². The Bertz CT molecular complexity index is 127. The molecule has 1 unspecified atom stereocenters. The fourth-order valence-corrected chi connectivity index (χ4v) is 3.62. The molecule has 4 nitrogen and oxygen atoms in total. The smallest absolute Gasteiger partial charge is 0.335 e. The fraction of sp³-hybridized carbons (Fsp3) is 1.00. The molecule has 3 N–H and O–H groups in total. The molecule has 80 valence electrons. The van der Waals surface area contributed by atoms with Crippen LogP contribution in [0.2, 0.25) is 12.6 Å². The van der Waals surface area contributed by atoms with Crippen molar-refractivity contribution in [1.29, 1.82) is 0 Å². The van der Waals surface area contributed by atoms with Crippen LogP contribution in [0.15, 0.2) is 0 Å². The Morgan fingerprint density at radius 1 is 1.31 bits per heavy atom. The molecule has 0 aliphatic carbocycles.